The van der Waals surface area contributed by atoms with E-state index in [1.807, 2.05) is 24.3 Å². The maximum atomic E-state index is 13.5. The molecule has 6 nitrogen and oxygen atoms in total. The molecule has 0 saturated carbocycles. The molecule has 29 heavy (non-hydrogen) atoms. The van der Waals surface area contributed by atoms with Gasteiger partial charge in [-0.15, -0.1) is 0 Å². The average molecular weight is 415 g/mol. The minimum absolute atomic E-state index is 0.167. The Kier molecular flexibility index (Phi) is 5.27. The highest BCUT2D eigenvalue weighted by molar-refractivity contribution is 7.90. The van der Waals surface area contributed by atoms with E-state index in [4.69, 9.17) is 9.47 Å². The molecule has 1 saturated heterocycles. The lowest BCUT2D eigenvalue weighted by Gasteiger charge is -2.18. The number of methoxy groups -OCH3 is 2. The van der Waals surface area contributed by atoms with E-state index in [0.29, 0.717) is 23.1 Å². The lowest BCUT2D eigenvalue weighted by atomic mass is 10.0. The predicted octanol–water partition coefficient (Wildman–Crippen LogP) is 3.53. The molecule has 2 heterocycles. The summed E-state index contributed by atoms with van der Waals surface area (Å²) in [7, 11) is 1.38. The quantitative estimate of drug-likeness (QED) is 0.618. The van der Waals surface area contributed by atoms with Crippen LogP contribution in [-0.4, -0.2) is 51.1 Å². The average Bonchev–Trinajstić information content (AvgIpc) is 3.32. The van der Waals surface area contributed by atoms with Gasteiger partial charge < -0.3 is 14.4 Å². The number of nitrogens with zero attached hydrogens (tertiary/aromatic N) is 2. The van der Waals surface area contributed by atoms with Crippen LogP contribution in [0.4, 0.5) is 0 Å². The smallest absolute Gasteiger partial charge is 0.268 e. The van der Waals surface area contributed by atoms with E-state index in [0.717, 1.165) is 30.3 Å². The number of benzene rings is 2. The first-order valence-corrected chi connectivity index (χ1v) is 11.2. The molecule has 2 aromatic carbocycles. The zero-order chi connectivity index (χ0) is 20.6. The zero-order valence-electron chi connectivity index (χ0n) is 17.0. The standard InChI is InChI=1S/C22H26N2O4S/c1-23-12-6-7-17(23)13-16-15-24(20-9-5-4-8-19(16)20)29(25,26)18-10-11-21(27-2)22(14-18)28-3/h4-5,8-11,14-15,17H,6-7,12-13H2,1-3H3/t17-/m0/s1. The molecule has 154 valence electrons. The van der Waals surface area contributed by atoms with Crippen LogP contribution in [0, 0.1) is 0 Å². The Labute approximate surface area is 171 Å². The van der Waals surface area contributed by atoms with Crippen LogP contribution < -0.4 is 9.47 Å². The summed E-state index contributed by atoms with van der Waals surface area (Å²) in [5.74, 6) is 0.881. The van der Waals surface area contributed by atoms with Gasteiger partial charge in [0, 0.05) is 23.7 Å². The number of hydrogen-bond acceptors (Lipinski definition) is 5. The van der Waals surface area contributed by atoms with Gasteiger partial charge in [-0.05, 0) is 56.6 Å². The number of ether oxygens (including phenoxy) is 2. The lowest BCUT2D eigenvalue weighted by molar-refractivity contribution is 0.310. The molecule has 0 radical (unpaired) electrons. The van der Waals surface area contributed by atoms with Crippen LogP contribution >= 0.6 is 0 Å². The van der Waals surface area contributed by atoms with E-state index in [1.165, 1.54) is 30.7 Å². The van der Waals surface area contributed by atoms with Crippen molar-refractivity contribution >= 4 is 20.9 Å². The maximum Gasteiger partial charge on any atom is 0.268 e. The fourth-order valence-electron chi connectivity index (χ4n) is 4.16. The van der Waals surface area contributed by atoms with Gasteiger partial charge in [-0.1, -0.05) is 18.2 Å². The van der Waals surface area contributed by atoms with Gasteiger partial charge in [0.15, 0.2) is 11.5 Å². The molecule has 0 N–H and O–H groups in total. The first kappa shape index (κ1) is 19.8. The second-order valence-electron chi connectivity index (χ2n) is 7.47. The second-order valence-corrected chi connectivity index (χ2v) is 9.28. The van der Waals surface area contributed by atoms with Crippen LogP contribution in [0.25, 0.3) is 10.9 Å². The van der Waals surface area contributed by atoms with E-state index in [-0.39, 0.29) is 4.90 Å². The Morgan fingerprint density at radius 3 is 2.52 bits per heavy atom. The third-order valence-electron chi connectivity index (χ3n) is 5.80. The van der Waals surface area contributed by atoms with Crippen LogP contribution in [-0.2, 0) is 16.4 Å². The Bertz CT molecular complexity index is 1140. The van der Waals surface area contributed by atoms with Crippen LogP contribution in [0.1, 0.15) is 18.4 Å². The summed E-state index contributed by atoms with van der Waals surface area (Å²) in [4.78, 5) is 2.52. The molecular weight excluding hydrogens is 388 g/mol. The minimum Gasteiger partial charge on any atom is -0.493 e. The molecule has 0 aliphatic carbocycles. The number of aromatic nitrogens is 1. The maximum absolute atomic E-state index is 13.5. The molecule has 1 aliphatic heterocycles. The van der Waals surface area contributed by atoms with Crippen molar-refractivity contribution in [2.75, 3.05) is 27.8 Å². The van der Waals surface area contributed by atoms with Crippen molar-refractivity contribution in [3.05, 3.63) is 54.2 Å². The van der Waals surface area contributed by atoms with Crippen LogP contribution in [0.3, 0.4) is 0 Å². The first-order valence-electron chi connectivity index (χ1n) is 9.72. The van der Waals surface area contributed by atoms with Crippen molar-refractivity contribution in [2.24, 2.45) is 0 Å². The Morgan fingerprint density at radius 2 is 1.83 bits per heavy atom. The number of hydrogen-bond donors (Lipinski definition) is 0. The molecule has 0 amide bonds. The molecule has 1 aromatic heterocycles. The van der Waals surface area contributed by atoms with Crippen molar-refractivity contribution in [1.82, 2.24) is 8.87 Å². The van der Waals surface area contributed by atoms with Crippen molar-refractivity contribution in [3.63, 3.8) is 0 Å². The van der Waals surface area contributed by atoms with E-state index in [1.54, 1.807) is 18.3 Å². The topological polar surface area (TPSA) is 60.8 Å². The molecule has 0 spiro atoms. The summed E-state index contributed by atoms with van der Waals surface area (Å²) < 4.78 is 38.9. The van der Waals surface area contributed by atoms with Crippen molar-refractivity contribution in [2.45, 2.75) is 30.2 Å². The summed E-state index contributed by atoms with van der Waals surface area (Å²) in [5, 5.41) is 0.983. The molecule has 1 fully saturated rings. The van der Waals surface area contributed by atoms with Gasteiger partial charge in [0.1, 0.15) is 0 Å². The van der Waals surface area contributed by atoms with Gasteiger partial charge in [0.05, 0.1) is 24.6 Å². The number of rotatable bonds is 6. The largest absolute Gasteiger partial charge is 0.493 e. The Balaban J connectivity index is 1.81. The van der Waals surface area contributed by atoms with Gasteiger partial charge >= 0.3 is 0 Å². The SMILES string of the molecule is COc1ccc(S(=O)(=O)n2cc(C[C@@H]3CCCN3C)c3ccccc32)cc1OC. The van der Waals surface area contributed by atoms with Gasteiger partial charge in [0.25, 0.3) is 10.0 Å². The molecule has 0 unspecified atom stereocenters. The van der Waals surface area contributed by atoms with E-state index < -0.39 is 10.0 Å². The van der Waals surface area contributed by atoms with Crippen molar-refractivity contribution in [3.8, 4) is 11.5 Å². The summed E-state index contributed by atoms with van der Waals surface area (Å²) in [6.07, 6.45) is 4.94. The normalized spacial score (nSPS) is 17.7. The Hall–Kier alpha value is -2.51. The molecule has 1 aliphatic rings. The molecule has 7 heteroatoms. The number of likely N-dealkylation sites (tertiary alicyclic amines) is 1. The molecule has 0 bridgehead atoms. The minimum atomic E-state index is -3.78. The third kappa shape index (κ3) is 3.49. The highest BCUT2D eigenvalue weighted by Gasteiger charge is 2.26. The molecular formula is C22H26N2O4S. The fraction of sp³-hybridized carbons (Fsp3) is 0.364. The van der Waals surface area contributed by atoms with E-state index in [2.05, 4.69) is 11.9 Å². The summed E-state index contributed by atoms with van der Waals surface area (Å²) in [6, 6.07) is 12.8. The lowest BCUT2D eigenvalue weighted by Crippen LogP contribution is -2.26. The first-order chi connectivity index (χ1) is 14.0. The number of likely N-dealkylation sites (N-methyl/N-ethyl adjacent to an activating group) is 1. The van der Waals surface area contributed by atoms with Gasteiger partial charge in [-0.25, -0.2) is 12.4 Å². The fourth-order valence-corrected chi connectivity index (χ4v) is 5.57. The highest BCUT2D eigenvalue weighted by atomic mass is 32.2. The zero-order valence-corrected chi connectivity index (χ0v) is 17.8. The van der Waals surface area contributed by atoms with Gasteiger partial charge in [-0.3, -0.25) is 0 Å². The molecule has 1 atom stereocenters. The van der Waals surface area contributed by atoms with Crippen molar-refractivity contribution < 1.29 is 17.9 Å². The second kappa shape index (κ2) is 7.72. The van der Waals surface area contributed by atoms with Crippen LogP contribution in [0.2, 0.25) is 0 Å². The summed E-state index contributed by atoms with van der Waals surface area (Å²) in [6.45, 7) is 1.09. The molecule has 3 aromatic rings. The van der Waals surface area contributed by atoms with E-state index in [9.17, 15) is 8.42 Å². The van der Waals surface area contributed by atoms with E-state index >= 15 is 0 Å². The van der Waals surface area contributed by atoms with Crippen molar-refractivity contribution in [1.29, 1.82) is 0 Å². The van der Waals surface area contributed by atoms with Gasteiger partial charge in [-0.2, -0.15) is 0 Å². The molecule has 4 rings (SSSR count). The number of fused-ring (bicyclic) bond motifs is 1. The van der Waals surface area contributed by atoms with Crippen LogP contribution in [0.5, 0.6) is 11.5 Å². The highest BCUT2D eigenvalue weighted by Crippen LogP contribution is 2.33. The summed E-state index contributed by atoms with van der Waals surface area (Å²) in [5.41, 5.74) is 1.75. The Morgan fingerprint density at radius 1 is 1.07 bits per heavy atom. The predicted molar refractivity (Wildman–Crippen MR) is 113 cm³/mol. The monoisotopic (exact) mass is 414 g/mol. The van der Waals surface area contributed by atoms with Gasteiger partial charge in [0.2, 0.25) is 0 Å². The van der Waals surface area contributed by atoms with Crippen LogP contribution in [0.15, 0.2) is 53.6 Å². The summed E-state index contributed by atoms with van der Waals surface area (Å²) >= 11 is 0. The third-order valence-corrected chi connectivity index (χ3v) is 7.47. The number of para-hydroxylation sites is 1.